The minimum atomic E-state index is -0.281. The third-order valence-electron chi connectivity index (χ3n) is 3.05. The van der Waals surface area contributed by atoms with Gasteiger partial charge in [-0.15, -0.1) is 0 Å². The van der Waals surface area contributed by atoms with Crippen molar-refractivity contribution in [3.05, 3.63) is 59.1 Å². The molecule has 0 saturated heterocycles. The van der Waals surface area contributed by atoms with Crippen molar-refractivity contribution < 1.29 is 14.3 Å². The van der Waals surface area contributed by atoms with Crippen molar-refractivity contribution in [1.82, 2.24) is 0 Å². The highest BCUT2D eigenvalue weighted by Gasteiger charge is 2.06. The van der Waals surface area contributed by atoms with Gasteiger partial charge in [0.15, 0.2) is 0 Å². The van der Waals surface area contributed by atoms with Crippen LogP contribution in [-0.4, -0.2) is 19.6 Å². The lowest BCUT2D eigenvalue weighted by atomic mass is 10.2. The fraction of sp³-hybridized carbons (Fsp3) is 0.167. The van der Waals surface area contributed by atoms with Crippen molar-refractivity contribution in [3.63, 3.8) is 0 Å². The highest BCUT2D eigenvalue weighted by molar-refractivity contribution is 6.31. The summed E-state index contributed by atoms with van der Waals surface area (Å²) in [4.78, 5) is 12.1. The van der Waals surface area contributed by atoms with Gasteiger partial charge in [-0.2, -0.15) is 0 Å². The van der Waals surface area contributed by atoms with E-state index in [-0.39, 0.29) is 5.91 Å². The first-order valence-electron chi connectivity index (χ1n) is 7.18. The third kappa shape index (κ3) is 4.76. The fourth-order valence-electron chi connectivity index (χ4n) is 2.02. The molecule has 2 aromatic carbocycles. The minimum absolute atomic E-state index is 0.281. The maximum Gasteiger partial charge on any atom is 0.248 e. The topological polar surface area (TPSA) is 47.6 Å². The zero-order valence-electron chi connectivity index (χ0n) is 13.0. The Kier molecular flexibility index (Phi) is 6.06. The summed E-state index contributed by atoms with van der Waals surface area (Å²) in [5.41, 5.74) is 1.36. The van der Waals surface area contributed by atoms with E-state index in [2.05, 4.69) is 5.32 Å². The van der Waals surface area contributed by atoms with E-state index >= 15 is 0 Å². The number of hydrogen-bond donors (Lipinski definition) is 1. The zero-order chi connectivity index (χ0) is 16.7. The third-order valence-corrected chi connectivity index (χ3v) is 3.29. The molecular formula is C18H18ClNO3. The van der Waals surface area contributed by atoms with Gasteiger partial charge in [-0.25, -0.2) is 0 Å². The number of ether oxygens (including phenoxy) is 2. The molecule has 0 fully saturated rings. The average Bonchev–Trinajstić information content (AvgIpc) is 2.54. The minimum Gasteiger partial charge on any atom is -0.495 e. The number of benzene rings is 2. The van der Waals surface area contributed by atoms with Gasteiger partial charge in [-0.05, 0) is 37.3 Å². The van der Waals surface area contributed by atoms with E-state index in [9.17, 15) is 4.79 Å². The van der Waals surface area contributed by atoms with Crippen molar-refractivity contribution in [2.45, 2.75) is 6.92 Å². The van der Waals surface area contributed by atoms with Crippen LogP contribution >= 0.6 is 11.6 Å². The molecule has 120 valence electrons. The van der Waals surface area contributed by atoms with Crippen LogP contribution in [0.1, 0.15) is 12.5 Å². The Hall–Kier alpha value is -2.46. The molecule has 0 saturated carbocycles. The Morgan fingerprint density at radius 2 is 2.00 bits per heavy atom. The lowest BCUT2D eigenvalue weighted by Gasteiger charge is -2.09. The summed E-state index contributed by atoms with van der Waals surface area (Å²) in [7, 11) is 1.53. The fourth-order valence-corrected chi connectivity index (χ4v) is 2.20. The predicted octanol–water partition coefficient (Wildman–Crippen LogP) is 4.40. The summed E-state index contributed by atoms with van der Waals surface area (Å²) >= 11 is 5.94. The van der Waals surface area contributed by atoms with Gasteiger partial charge >= 0.3 is 0 Å². The molecule has 0 unspecified atom stereocenters. The quantitative estimate of drug-likeness (QED) is 0.798. The molecule has 4 nitrogen and oxygen atoms in total. The predicted molar refractivity (Wildman–Crippen MR) is 93.3 cm³/mol. The summed E-state index contributed by atoms with van der Waals surface area (Å²) in [6.45, 7) is 2.48. The van der Waals surface area contributed by atoms with Crippen LogP contribution in [0.15, 0.2) is 48.5 Å². The van der Waals surface area contributed by atoms with Crippen LogP contribution in [0, 0.1) is 0 Å². The van der Waals surface area contributed by atoms with Crippen molar-refractivity contribution in [3.8, 4) is 11.5 Å². The summed E-state index contributed by atoms with van der Waals surface area (Å²) in [5.74, 6) is 1.00. The van der Waals surface area contributed by atoms with Gasteiger partial charge in [0, 0.05) is 16.7 Å². The van der Waals surface area contributed by atoms with E-state index in [0.29, 0.717) is 23.1 Å². The number of amides is 1. The van der Waals surface area contributed by atoms with Crippen molar-refractivity contribution in [2.75, 3.05) is 19.0 Å². The number of hydrogen-bond acceptors (Lipinski definition) is 3. The van der Waals surface area contributed by atoms with Gasteiger partial charge in [-0.3, -0.25) is 4.79 Å². The highest BCUT2D eigenvalue weighted by Crippen LogP contribution is 2.27. The van der Waals surface area contributed by atoms with Crippen LogP contribution in [0.5, 0.6) is 11.5 Å². The second-order valence-corrected chi connectivity index (χ2v) is 5.07. The molecule has 0 aliphatic heterocycles. The van der Waals surface area contributed by atoms with Crippen LogP contribution in [0.4, 0.5) is 5.69 Å². The number of para-hydroxylation sites is 1. The summed E-state index contributed by atoms with van der Waals surface area (Å²) in [6.07, 6.45) is 3.15. The molecule has 1 amide bonds. The summed E-state index contributed by atoms with van der Waals surface area (Å²) in [6, 6.07) is 12.6. The first-order chi connectivity index (χ1) is 11.1. The molecule has 0 bridgehead atoms. The van der Waals surface area contributed by atoms with Gasteiger partial charge in [0.05, 0.1) is 19.4 Å². The lowest BCUT2D eigenvalue weighted by molar-refractivity contribution is -0.111. The van der Waals surface area contributed by atoms with E-state index in [1.807, 2.05) is 31.2 Å². The average molecular weight is 332 g/mol. The number of methoxy groups -OCH3 is 1. The normalized spacial score (nSPS) is 10.6. The van der Waals surface area contributed by atoms with Gasteiger partial charge in [0.25, 0.3) is 0 Å². The van der Waals surface area contributed by atoms with E-state index < -0.39 is 0 Å². The highest BCUT2D eigenvalue weighted by atomic mass is 35.5. The molecule has 0 heterocycles. The molecule has 0 spiro atoms. The second kappa shape index (κ2) is 8.25. The SMILES string of the molecule is CCOc1ccccc1/C=C/C(=O)Nc1cc(Cl)ccc1OC. The number of nitrogens with one attached hydrogen (secondary N) is 1. The number of carbonyl (C=O) groups excluding carboxylic acids is 1. The zero-order valence-corrected chi connectivity index (χ0v) is 13.8. The van der Waals surface area contributed by atoms with Crippen LogP contribution in [0.25, 0.3) is 6.08 Å². The Labute approximate surface area is 140 Å². The van der Waals surface area contributed by atoms with Gasteiger partial charge < -0.3 is 14.8 Å². The van der Waals surface area contributed by atoms with Gasteiger partial charge in [-0.1, -0.05) is 29.8 Å². The van der Waals surface area contributed by atoms with Crippen LogP contribution in [0.3, 0.4) is 0 Å². The smallest absolute Gasteiger partial charge is 0.248 e. The number of rotatable bonds is 6. The number of anilines is 1. The van der Waals surface area contributed by atoms with E-state index in [0.717, 1.165) is 11.3 Å². The molecule has 0 aliphatic rings. The summed E-state index contributed by atoms with van der Waals surface area (Å²) in [5, 5.41) is 3.27. The largest absolute Gasteiger partial charge is 0.495 e. The van der Waals surface area contributed by atoms with Gasteiger partial charge in [0.2, 0.25) is 5.91 Å². The molecular weight excluding hydrogens is 314 g/mol. The van der Waals surface area contributed by atoms with Crippen LogP contribution < -0.4 is 14.8 Å². The lowest BCUT2D eigenvalue weighted by Crippen LogP contribution is -2.09. The first-order valence-corrected chi connectivity index (χ1v) is 7.56. The molecule has 0 atom stereocenters. The molecule has 0 aromatic heterocycles. The summed E-state index contributed by atoms with van der Waals surface area (Å²) < 4.78 is 10.7. The Balaban J connectivity index is 2.12. The van der Waals surface area contributed by atoms with E-state index in [1.54, 1.807) is 24.3 Å². The van der Waals surface area contributed by atoms with Crippen molar-refractivity contribution >= 4 is 29.3 Å². The molecule has 2 aromatic rings. The monoisotopic (exact) mass is 331 g/mol. The van der Waals surface area contributed by atoms with E-state index in [1.165, 1.54) is 13.2 Å². The van der Waals surface area contributed by atoms with E-state index in [4.69, 9.17) is 21.1 Å². The Morgan fingerprint density at radius 1 is 1.22 bits per heavy atom. The maximum absolute atomic E-state index is 12.1. The second-order valence-electron chi connectivity index (χ2n) is 4.64. The van der Waals surface area contributed by atoms with Crippen LogP contribution in [-0.2, 0) is 4.79 Å². The number of halogens is 1. The molecule has 5 heteroatoms. The molecule has 1 N–H and O–H groups in total. The standard InChI is InChI=1S/C18H18ClNO3/c1-3-23-16-7-5-4-6-13(16)8-11-18(21)20-15-12-14(19)9-10-17(15)22-2/h4-12H,3H2,1-2H3,(H,20,21)/b11-8+. The Morgan fingerprint density at radius 3 is 2.74 bits per heavy atom. The van der Waals surface area contributed by atoms with Crippen molar-refractivity contribution in [1.29, 1.82) is 0 Å². The number of carbonyl (C=O) groups is 1. The molecule has 2 rings (SSSR count). The van der Waals surface area contributed by atoms with Crippen LogP contribution in [0.2, 0.25) is 5.02 Å². The molecule has 23 heavy (non-hydrogen) atoms. The van der Waals surface area contributed by atoms with Crippen molar-refractivity contribution in [2.24, 2.45) is 0 Å². The van der Waals surface area contributed by atoms with Gasteiger partial charge in [0.1, 0.15) is 11.5 Å². The first kappa shape index (κ1) is 16.9. The maximum atomic E-state index is 12.1. The Bertz CT molecular complexity index is 713. The molecule has 0 aliphatic carbocycles. The molecule has 0 radical (unpaired) electrons.